The zero-order valence-electron chi connectivity index (χ0n) is 7.61. The number of hydrogen-bond acceptors (Lipinski definition) is 1. The number of aliphatic hydroxyl groups excluding tert-OH is 1. The van der Waals surface area contributed by atoms with E-state index < -0.39 is 0 Å². The molecule has 68 valence electrons. The van der Waals surface area contributed by atoms with Crippen LogP contribution in [0.5, 0.6) is 0 Å². The molecule has 1 aliphatic rings. The molecule has 1 aliphatic carbocycles. The molecule has 0 aliphatic heterocycles. The Morgan fingerprint density at radius 2 is 2.08 bits per heavy atom. The summed E-state index contributed by atoms with van der Waals surface area (Å²) in [7, 11) is 0. The van der Waals surface area contributed by atoms with E-state index in [2.05, 4.69) is 30.8 Å². The van der Waals surface area contributed by atoms with E-state index in [9.17, 15) is 0 Å². The van der Waals surface area contributed by atoms with Crippen molar-refractivity contribution in [3.63, 3.8) is 0 Å². The SMILES string of the molecule is C=Cc1ccc(C2CC2CO)cc1. The molecule has 0 amide bonds. The first-order chi connectivity index (χ1) is 6.35. The molecule has 1 saturated carbocycles. The van der Waals surface area contributed by atoms with Crippen molar-refractivity contribution in [2.75, 3.05) is 6.61 Å². The summed E-state index contributed by atoms with van der Waals surface area (Å²) >= 11 is 0. The van der Waals surface area contributed by atoms with Crippen LogP contribution < -0.4 is 0 Å². The third-order valence-electron chi connectivity index (χ3n) is 2.76. The summed E-state index contributed by atoms with van der Waals surface area (Å²) in [5.41, 5.74) is 2.51. The molecule has 2 unspecified atom stereocenters. The second-order valence-corrected chi connectivity index (χ2v) is 3.66. The van der Waals surface area contributed by atoms with Gasteiger partial charge in [0.15, 0.2) is 0 Å². The van der Waals surface area contributed by atoms with Crippen LogP contribution >= 0.6 is 0 Å². The van der Waals surface area contributed by atoms with Crippen LogP contribution in [0.25, 0.3) is 6.08 Å². The lowest BCUT2D eigenvalue weighted by atomic mass is 10.1. The summed E-state index contributed by atoms with van der Waals surface area (Å²) < 4.78 is 0. The standard InChI is InChI=1S/C12H14O/c1-2-9-3-5-10(6-4-9)12-7-11(12)8-13/h2-6,11-13H,1,7-8H2. The first-order valence-electron chi connectivity index (χ1n) is 4.68. The predicted octanol–water partition coefficient (Wildman–Crippen LogP) is 2.43. The van der Waals surface area contributed by atoms with Crippen LogP contribution in [-0.2, 0) is 0 Å². The van der Waals surface area contributed by atoms with Gasteiger partial charge in [-0.2, -0.15) is 0 Å². The van der Waals surface area contributed by atoms with Gasteiger partial charge >= 0.3 is 0 Å². The van der Waals surface area contributed by atoms with Gasteiger partial charge in [-0.15, -0.1) is 0 Å². The van der Waals surface area contributed by atoms with Crippen LogP contribution in [-0.4, -0.2) is 11.7 Å². The summed E-state index contributed by atoms with van der Waals surface area (Å²) in [6, 6.07) is 8.43. The quantitative estimate of drug-likeness (QED) is 0.746. The fraction of sp³-hybridized carbons (Fsp3) is 0.333. The van der Waals surface area contributed by atoms with E-state index in [1.165, 1.54) is 5.56 Å². The Hall–Kier alpha value is -1.08. The van der Waals surface area contributed by atoms with Crippen LogP contribution in [0.3, 0.4) is 0 Å². The molecule has 13 heavy (non-hydrogen) atoms. The Bertz CT molecular complexity index is 299. The number of aliphatic hydroxyl groups is 1. The number of benzene rings is 1. The van der Waals surface area contributed by atoms with Gasteiger partial charge in [0, 0.05) is 6.61 Å². The average molecular weight is 174 g/mol. The zero-order valence-corrected chi connectivity index (χ0v) is 7.61. The molecule has 0 saturated heterocycles. The Morgan fingerprint density at radius 3 is 2.54 bits per heavy atom. The monoisotopic (exact) mass is 174 g/mol. The number of hydrogen-bond donors (Lipinski definition) is 1. The molecular weight excluding hydrogens is 160 g/mol. The summed E-state index contributed by atoms with van der Waals surface area (Å²) in [4.78, 5) is 0. The van der Waals surface area contributed by atoms with Gasteiger partial charge in [0.25, 0.3) is 0 Å². The second-order valence-electron chi connectivity index (χ2n) is 3.66. The molecule has 1 aromatic carbocycles. The highest BCUT2D eigenvalue weighted by Gasteiger charge is 2.37. The average Bonchev–Trinajstić information content (AvgIpc) is 2.97. The molecule has 1 N–H and O–H groups in total. The van der Waals surface area contributed by atoms with E-state index in [4.69, 9.17) is 5.11 Å². The van der Waals surface area contributed by atoms with Crippen LogP contribution in [0.2, 0.25) is 0 Å². The van der Waals surface area contributed by atoms with Crippen molar-refractivity contribution >= 4 is 6.08 Å². The highest BCUT2D eigenvalue weighted by Crippen LogP contribution is 2.46. The predicted molar refractivity (Wildman–Crippen MR) is 54.5 cm³/mol. The first kappa shape index (κ1) is 8.52. The Kier molecular flexibility index (Phi) is 2.19. The zero-order chi connectivity index (χ0) is 9.26. The van der Waals surface area contributed by atoms with Crippen molar-refractivity contribution < 1.29 is 5.11 Å². The maximum absolute atomic E-state index is 8.92. The smallest absolute Gasteiger partial charge is 0.0465 e. The minimum absolute atomic E-state index is 0.327. The Balaban J connectivity index is 2.11. The van der Waals surface area contributed by atoms with E-state index in [0.29, 0.717) is 18.4 Å². The van der Waals surface area contributed by atoms with Gasteiger partial charge < -0.3 is 5.11 Å². The van der Waals surface area contributed by atoms with Crippen molar-refractivity contribution in [1.29, 1.82) is 0 Å². The second kappa shape index (κ2) is 3.35. The molecular formula is C12H14O. The third kappa shape index (κ3) is 1.65. The van der Waals surface area contributed by atoms with Gasteiger partial charge in [0.1, 0.15) is 0 Å². The van der Waals surface area contributed by atoms with Gasteiger partial charge in [-0.05, 0) is 29.4 Å². The number of rotatable bonds is 3. The van der Waals surface area contributed by atoms with Gasteiger partial charge in [0.05, 0.1) is 0 Å². The largest absolute Gasteiger partial charge is 0.396 e. The van der Waals surface area contributed by atoms with Crippen LogP contribution in [0.15, 0.2) is 30.8 Å². The van der Waals surface area contributed by atoms with Crippen LogP contribution in [0, 0.1) is 5.92 Å². The van der Waals surface area contributed by atoms with Crippen molar-refractivity contribution in [2.24, 2.45) is 5.92 Å². The molecule has 2 rings (SSSR count). The normalized spacial score (nSPS) is 25.6. The maximum atomic E-state index is 8.92. The van der Waals surface area contributed by atoms with Crippen LogP contribution in [0.4, 0.5) is 0 Å². The molecule has 1 fully saturated rings. The van der Waals surface area contributed by atoms with Crippen molar-refractivity contribution in [3.8, 4) is 0 Å². The van der Waals surface area contributed by atoms with Gasteiger partial charge in [0.2, 0.25) is 0 Å². The summed E-state index contributed by atoms with van der Waals surface area (Å²) in [6.45, 7) is 4.04. The van der Waals surface area contributed by atoms with E-state index in [1.807, 2.05) is 6.08 Å². The first-order valence-corrected chi connectivity index (χ1v) is 4.68. The van der Waals surface area contributed by atoms with Crippen molar-refractivity contribution in [3.05, 3.63) is 42.0 Å². The molecule has 1 nitrogen and oxygen atoms in total. The Labute approximate surface area is 78.7 Å². The van der Waals surface area contributed by atoms with E-state index in [0.717, 1.165) is 12.0 Å². The lowest BCUT2D eigenvalue weighted by Gasteiger charge is -1.99. The van der Waals surface area contributed by atoms with Crippen LogP contribution in [0.1, 0.15) is 23.5 Å². The Morgan fingerprint density at radius 1 is 1.38 bits per heavy atom. The summed E-state index contributed by atoms with van der Waals surface area (Å²) in [5, 5.41) is 8.92. The highest BCUT2D eigenvalue weighted by molar-refractivity contribution is 5.48. The molecule has 0 radical (unpaired) electrons. The fourth-order valence-corrected chi connectivity index (χ4v) is 1.74. The van der Waals surface area contributed by atoms with Crippen molar-refractivity contribution in [2.45, 2.75) is 12.3 Å². The summed E-state index contributed by atoms with van der Waals surface area (Å²) in [5.74, 6) is 1.11. The molecule has 1 aromatic rings. The molecule has 0 bridgehead atoms. The fourth-order valence-electron chi connectivity index (χ4n) is 1.74. The molecule has 2 atom stereocenters. The summed E-state index contributed by atoms with van der Waals surface area (Å²) in [6.07, 6.45) is 2.99. The van der Waals surface area contributed by atoms with E-state index in [1.54, 1.807) is 0 Å². The lowest BCUT2D eigenvalue weighted by Crippen LogP contribution is -1.88. The molecule has 0 spiro atoms. The molecule has 0 heterocycles. The van der Waals surface area contributed by atoms with E-state index in [-0.39, 0.29) is 0 Å². The van der Waals surface area contributed by atoms with Gasteiger partial charge in [-0.1, -0.05) is 36.9 Å². The molecule has 0 aromatic heterocycles. The highest BCUT2D eigenvalue weighted by atomic mass is 16.3. The minimum Gasteiger partial charge on any atom is -0.396 e. The van der Waals surface area contributed by atoms with Crippen molar-refractivity contribution in [1.82, 2.24) is 0 Å². The lowest BCUT2D eigenvalue weighted by molar-refractivity contribution is 0.274. The van der Waals surface area contributed by atoms with E-state index >= 15 is 0 Å². The molecule has 1 heteroatoms. The van der Waals surface area contributed by atoms with Gasteiger partial charge in [-0.25, -0.2) is 0 Å². The minimum atomic E-state index is 0.327. The van der Waals surface area contributed by atoms with Gasteiger partial charge in [-0.3, -0.25) is 0 Å². The maximum Gasteiger partial charge on any atom is 0.0465 e. The third-order valence-corrected chi connectivity index (χ3v) is 2.76. The topological polar surface area (TPSA) is 20.2 Å².